The molecule has 0 fully saturated rings. The fourth-order valence-electron chi connectivity index (χ4n) is 3.25. The Morgan fingerprint density at radius 1 is 1.14 bits per heavy atom. The SMILES string of the molecule is COc1ccc(-c2cc3n(n2)[C@H](C(=O)Nc2ccccc2OC)CC(=O)N3)cc1. The van der Waals surface area contributed by atoms with Gasteiger partial charge in [-0.25, -0.2) is 4.68 Å². The summed E-state index contributed by atoms with van der Waals surface area (Å²) in [6.07, 6.45) is -0.00227. The number of benzene rings is 2. The number of rotatable bonds is 5. The molecule has 2 heterocycles. The third-order valence-corrected chi connectivity index (χ3v) is 4.73. The molecule has 8 heteroatoms. The number of hydrogen-bond acceptors (Lipinski definition) is 5. The Morgan fingerprint density at radius 3 is 2.62 bits per heavy atom. The van der Waals surface area contributed by atoms with Gasteiger partial charge in [-0.2, -0.15) is 5.10 Å². The molecule has 2 aromatic carbocycles. The Morgan fingerprint density at radius 2 is 1.90 bits per heavy atom. The predicted molar refractivity (Wildman–Crippen MR) is 108 cm³/mol. The van der Waals surface area contributed by atoms with E-state index < -0.39 is 6.04 Å². The van der Waals surface area contributed by atoms with Crippen molar-refractivity contribution >= 4 is 23.3 Å². The Labute approximate surface area is 167 Å². The lowest BCUT2D eigenvalue weighted by atomic mass is 10.1. The molecule has 1 atom stereocenters. The van der Waals surface area contributed by atoms with Crippen LogP contribution in [0.25, 0.3) is 11.3 Å². The molecule has 0 saturated carbocycles. The molecule has 0 unspecified atom stereocenters. The average molecular weight is 392 g/mol. The zero-order valence-corrected chi connectivity index (χ0v) is 16.0. The molecule has 3 aromatic rings. The monoisotopic (exact) mass is 392 g/mol. The van der Waals surface area contributed by atoms with Crippen molar-refractivity contribution in [1.29, 1.82) is 0 Å². The number of amides is 2. The first kappa shape index (κ1) is 18.5. The van der Waals surface area contributed by atoms with Gasteiger partial charge in [0.05, 0.1) is 32.0 Å². The molecule has 8 nitrogen and oxygen atoms in total. The lowest BCUT2D eigenvalue weighted by molar-refractivity contribution is -0.125. The maximum Gasteiger partial charge on any atom is 0.249 e. The van der Waals surface area contributed by atoms with Crippen molar-refractivity contribution in [1.82, 2.24) is 9.78 Å². The Hall–Kier alpha value is -3.81. The average Bonchev–Trinajstić information content (AvgIpc) is 3.17. The van der Waals surface area contributed by atoms with Gasteiger partial charge in [-0.3, -0.25) is 9.59 Å². The van der Waals surface area contributed by atoms with E-state index >= 15 is 0 Å². The van der Waals surface area contributed by atoms with Gasteiger partial charge in [0.2, 0.25) is 11.8 Å². The molecule has 0 bridgehead atoms. The molecule has 0 saturated heterocycles. The van der Waals surface area contributed by atoms with Crippen LogP contribution >= 0.6 is 0 Å². The largest absolute Gasteiger partial charge is 0.497 e. The van der Waals surface area contributed by atoms with Crippen molar-refractivity contribution in [3.05, 3.63) is 54.6 Å². The van der Waals surface area contributed by atoms with Crippen LogP contribution in [0, 0.1) is 0 Å². The summed E-state index contributed by atoms with van der Waals surface area (Å²) in [6.45, 7) is 0. The first-order valence-electron chi connectivity index (χ1n) is 9.06. The van der Waals surface area contributed by atoms with E-state index in [0.29, 0.717) is 22.9 Å². The van der Waals surface area contributed by atoms with Crippen LogP contribution < -0.4 is 20.1 Å². The molecule has 0 spiro atoms. The number of aromatic nitrogens is 2. The van der Waals surface area contributed by atoms with Gasteiger partial charge in [-0.15, -0.1) is 0 Å². The molecule has 4 rings (SSSR count). The minimum atomic E-state index is -0.768. The maximum absolute atomic E-state index is 12.9. The van der Waals surface area contributed by atoms with Crippen molar-refractivity contribution in [3.63, 3.8) is 0 Å². The van der Waals surface area contributed by atoms with Gasteiger partial charge < -0.3 is 20.1 Å². The minimum Gasteiger partial charge on any atom is -0.497 e. The third-order valence-electron chi connectivity index (χ3n) is 4.73. The van der Waals surface area contributed by atoms with Crippen molar-refractivity contribution in [2.75, 3.05) is 24.9 Å². The number of hydrogen-bond donors (Lipinski definition) is 2. The van der Waals surface area contributed by atoms with E-state index in [1.165, 1.54) is 7.11 Å². The quantitative estimate of drug-likeness (QED) is 0.696. The number of carbonyl (C=O) groups is 2. The van der Waals surface area contributed by atoms with Gasteiger partial charge in [-0.05, 0) is 36.4 Å². The van der Waals surface area contributed by atoms with Gasteiger partial charge in [0.15, 0.2) is 0 Å². The van der Waals surface area contributed by atoms with Crippen molar-refractivity contribution in [3.8, 4) is 22.8 Å². The summed E-state index contributed by atoms with van der Waals surface area (Å²) in [5.41, 5.74) is 2.04. The summed E-state index contributed by atoms with van der Waals surface area (Å²) in [5.74, 6) is 1.18. The fraction of sp³-hybridized carbons (Fsp3) is 0.190. The molecule has 0 radical (unpaired) electrons. The van der Waals surface area contributed by atoms with E-state index in [4.69, 9.17) is 9.47 Å². The summed E-state index contributed by atoms with van der Waals surface area (Å²) in [5, 5.41) is 10.2. The normalized spacial score (nSPS) is 15.2. The van der Waals surface area contributed by atoms with Gasteiger partial charge in [0.1, 0.15) is 23.4 Å². The van der Waals surface area contributed by atoms with Gasteiger partial charge in [0.25, 0.3) is 0 Å². The van der Waals surface area contributed by atoms with Crippen LogP contribution in [0.1, 0.15) is 12.5 Å². The van der Waals surface area contributed by atoms with Crippen molar-refractivity contribution in [2.45, 2.75) is 12.5 Å². The van der Waals surface area contributed by atoms with Crippen molar-refractivity contribution < 1.29 is 19.1 Å². The molecule has 2 N–H and O–H groups in total. The van der Waals surface area contributed by atoms with Gasteiger partial charge in [0, 0.05) is 11.6 Å². The molecule has 29 heavy (non-hydrogen) atoms. The number of nitrogens with zero attached hydrogens (tertiary/aromatic N) is 2. The number of methoxy groups -OCH3 is 2. The molecule has 2 amide bonds. The van der Waals surface area contributed by atoms with E-state index in [1.54, 1.807) is 36.1 Å². The lowest BCUT2D eigenvalue weighted by Gasteiger charge is -2.24. The van der Waals surface area contributed by atoms with Crippen LogP contribution in [-0.4, -0.2) is 35.8 Å². The highest BCUT2D eigenvalue weighted by atomic mass is 16.5. The Bertz CT molecular complexity index is 1060. The number of para-hydroxylation sites is 2. The standard InChI is InChI=1S/C21H20N4O4/c1-28-14-9-7-13(8-10-14)16-11-19-23-20(26)12-17(25(19)24-16)21(27)22-15-5-3-4-6-18(15)29-2/h3-11,17H,12H2,1-2H3,(H,22,27)(H,23,26)/t17-/m0/s1. The first-order chi connectivity index (χ1) is 14.1. The minimum absolute atomic E-state index is 0.00227. The summed E-state index contributed by atoms with van der Waals surface area (Å²) in [7, 11) is 3.14. The zero-order chi connectivity index (χ0) is 20.4. The fourth-order valence-corrected chi connectivity index (χ4v) is 3.25. The zero-order valence-electron chi connectivity index (χ0n) is 16.0. The second-order valence-corrected chi connectivity index (χ2v) is 6.55. The molecular weight excluding hydrogens is 372 g/mol. The Kier molecular flexibility index (Phi) is 4.90. The van der Waals surface area contributed by atoms with E-state index in [1.807, 2.05) is 30.3 Å². The predicted octanol–water partition coefficient (Wildman–Crippen LogP) is 3.09. The highest BCUT2D eigenvalue weighted by molar-refractivity contribution is 6.02. The highest BCUT2D eigenvalue weighted by Gasteiger charge is 2.32. The molecular formula is C21H20N4O4. The summed E-state index contributed by atoms with van der Waals surface area (Å²) in [4.78, 5) is 25.1. The van der Waals surface area contributed by atoms with Crippen LogP contribution in [0.4, 0.5) is 11.5 Å². The smallest absolute Gasteiger partial charge is 0.249 e. The number of fused-ring (bicyclic) bond motifs is 1. The summed E-state index contributed by atoms with van der Waals surface area (Å²) in [6, 6.07) is 15.5. The second-order valence-electron chi connectivity index (χ2n) is 6.55. The molecule has 148 valence electrons. The molecule has 1 aliphatic heterocycles. The van der Waals surface area contributed by atoms with E-state index in [9.17, 15) is 9.59 Å². The van der Waals surface area contributed by atoms with Crippen LogP contribution in [-0.2, 0) is 9.59 Å². The van der Waals surface area contributed by atoms with Crippen LogP contribution in [0.2, 0.25) is 0 Å². The lowest BCUT2D eigenvalue weighted by Crippen LogP contribution is -2.35. The van der Waals surface area contributed by atoms with Crippen LogP contribution in [0.5, 0.6) is 11.5 Å². The van der Waals surface area contributed by atoms with Gasteiger partial charge >= 0.3 is 0 Å². The molecule has 1 aromatic heterocycles. The number of ether oxygens (including phenoxy) is 2. The molecule has 0 aliphatic carbocycles. The Balaban J connectivity index is 1.63. The first-order valence-corrected chi connectivity index (χ1v) is 9.06. The number of carbonyl (C=O) groups excluding carboxylic acids is 2. The van der Waals surface area contributed by atoms with Gasteiger partial charge in [-0.1, -0.05) is 12.1 Å². The highest BCUT2D eigenvalue weighted by Crippen LogP contribution is 2.32. The maximum atomic E-state index is 12.9. The van der Waals surface area contributed by atoms with Crippen LogP contribution in [0.3, 0.4) is 0 Å². The van der Waals surface area contributed by atoms with E-state index in [0.717, 1.165) is 11.3 Å². The second kappa shape index (κ2) is 7.67. The third kappa shape index (κ3) is 3.64. The van der Waals surface area contributed by atoms with E-state index in [2.05, 4.69) is 15.7 Å². The summed E-state index contributed by atoms with van der Waals surface area (Å²) >= 11 is 0. The number of nitrogens with one attached hydrogen (secondary N) is 2. The van der Waals surface area contributed by atoms with E-state index in [-0.39, 0.29) is 18.2 Å². The van der Waals surface area contributed by atoms with Crippen molar-refractivity contribution in [2.24, 2.45) is 0 Å². The topological polar surface area (TPSA) is 94.5 Å². The number of anilines is 2. The summed E-state index contributed by atoms with van der Waals surface area (Å²) < 4.78 is 12.0. The van der Waals surface area contributed by atoms with Crippen LogP contribution in [0.15, 0.2) is 54.6 Å². The molecule has 1 aliphatic rings.